The molecule has 1 heterocycles. The molecule has 0 amide bonds. The van der Waals surface area contributed by atoms with Gasteiger partial charge in [0.05, 0.1) is 29.1 Å². The van der Waals surface area contributed by atoms with E-state index in [-0.39, 0.29) is 23.3 Å². The maximum atomic E-state index is 13.4. The van der Waals surface area contributed by atoms with Gasteiger partial charge in [0.15, 0.2) is 0 Å². The minimum atomic E-state index is -0.551. The molecule has 0 spiro atoms. The van der Waals surface area contributed by atoms with Gasteiger partial charge in [0, 0.05) is 0 Å². The van der Waals surface area contributed by atoms with Crippen LogP contribution < -0.4 is 5.56 Å². The Kier molecular flexibility index (Phi) is 3.58. The van der Waals surface area contributed by atoms with E-state index in [0.717, 1.165) is 10.6 Å². The highest BCUT2D eigenvalue weighted by Gasteiger charge is 2.13. The molecule has 0 unspecified atom stereocenters. The molecule has 0 atom stereocenters. The third-order valence-corrected chi connectivity index (χ3v) is 3.48. The molecule has 0 aliphatic heterocycles. The van der Waals surface area contributed by atoms with Crippen molar-refractivity contribution in [1.29, 1.82) is 10.5 Å². The zero-order chi connectivity index (χ0) is 16.4. The van der Waals surface area contributed by atoms with E-state index in [2.05, 4.69) is 4.98 Å². The van der Waals surface area contributed by atoms with E-state index < -0.39 is 11.4 Å². The van der Waals surface area contributed by atoms with Crippen LogP contribution in [0.25, 0.3) is 10.9 Å². The molecule has 0 aliphatic carbocycles. The number of hydrogen-bond acceptors (Lipinski definition) is 4. The largest absolute Gasteiger partial charge is 0.279 e. The van der Waals surface area contributed by atoms with Crippen LogP contribution in [0, 0.1) is 28.5 Å². The Morgan fingerprint density at radius 2 is 1.91 bits per heavy atom. The van der Waals surface area contributed by atoms with Crippen molar-refractivity contribution in [2.24, 2.45) is 0 Å². The highest BCUT2D eigenvalue weighted by molar-refractivity contribution is 5.77. The second kappa shape index (κ2) is 5.70. The molecule has 2 aromatic carbocycles. The van der Waals surface area contributed by atoms with Gasteiger partial charge in [-0.05, 0) is 29.8 Å². The summed E-state index contributed by atoms with van der Waals surface area (Å²) in [5.74, 6) is -0.632. The van der Waals surface area contributed by atoms with E-state index in [0.29, 0.717) is 11.1 Å². The second-order valence-corrected chi connectivity index (χ2v) is 4.87. The molecule has 3 rings (SSSR count). The van der Waals surface area contributed by atoms with Crippen molar-refractivity contribution in [1.82, 2.24) is 9.55 Å². The zero-order valence-corrected chi connectivity index (χ0v) is 11.8. The normalized spacial score (nSPS) is 10.2. The zero-order valence-electron chi connectivity index (χ0n) is 11.8. The first kappa shape index (κ1) is 14.4. The maximum Gasteiger partial charge on any atom is 0.262 e. The van der Waals surface area contributed by atoms with Crippen LogP contribution >= 0.6 is 0 Å². The van der Waals surface area contributed by atoms with Gasteiger partial charge < -0.3 is 0 Å². The molecule has 1 aromatic heterocycles. The predicted octanol–water partition coefficient (Wildman–Crippen LogP) is 2.33. The van der Waals surface area contributed by atoms with E-state index in [9.17, 15) is 14.4 Å². The van der Waals surface area contributed by atoms with Crippen molar-refractivity contribution in [3.8, 4) is 12.1 Å². The van der Waals surface area contributed by atoms with Gasteiger partial charge in [0.2, 0.25) is 5.82 Å². The molecule has 0 fully saturated rings. The van der Waals surface area contributed by atoms with Gasteiger partial charge >= 0.3 is 0 Å². The second-order valence-electron chi connectivity index (χ2n) is 4.87. The fourth-order valence-electron chi connectivity index (χ4n) is 2.36. The summed E-state index contributed by atoms with van der Waals surface area (Å²) in [6, 6.07) is 14.3. The highest BCUT2D eigenvalue weighted by Crippen LogP contribution is 2.13. The van der Waals surface area contributed by atoms with Crippen LogP contribution in [0.1, 0.15) is 17.0 Å². The number of benzene rings is 2. The number of nitrogens with zero attached hydrogens (tertiary/aromatic N) is 4. The van der Waals surface area contributed by atoms with E-state index in [1.165, 1.54) is 12.1 Å². The van der Waals surface area contributed by atoms with Gasteiger partial charge in [0.1, 0.15) is 11.9 Å². The first-order valence-electron chi connectivity index (χ1n) is 6.72. The lowest BCUT2D eigenvalue weighted by molar-refractivity contribution is 0.628. The van der Waals surface area contributed by atoms with E-state index >= 15 is 0 Å². The van der Waals surface area contributed by atoms with Crippen molar-refractivity contribution in [2.75, 3.05) is 0 Å². The van der Waals surface area contributed by atoms with Crippen LogP contribution in [0.4, 0.5) is 4.39 Å². The fourth-order valence-corrected chi connectivity index (χ4v) is 2.36. The molecular weight excluding hydrogens is 295 g/mol. The summed E-state index contributed by atoms with van der Waals surface area (Å²) in [6.07, 6.45) is 0. The molecule has 0 radical (unpaired) electrons. The van der Waals surface area contributed by atoms with Crippen LogP contribution in [-0.4, -0.2) is 9.55 Å². The predicted molar refractivity (Wildman–Crippen MR) is 80.9 cm³/mol. The molecule has 5 nitrogen and oxygen atoms in total. The minimum absolute atomic E-state index is 0.0188. The monoisotopic (exact) mass is 304 g/mol. The third kappa shape index (κ3) is 2.54. The lowest BCUT2D eigenvalue weighted by Crippen LogP contribution is -2.25. The van der Waals surface area contributed by atoms with Crippen molar-refractivity contribution in [3.05, 3.63) is 75.6 Å². The standard InChI is InChI=1S/C17H9FN4O/c18-13-5-6-15-14(7-13)17(23)22(16(9-20)21-15)10-12-4-2-1-3-11(12)8-19/h1-7H,10H2. The van der Waals surface area contributed by atoms with Gasteiger partial charge in [-0.2, -0.15) is 10.5 Å². The molecule has 110 valence electrons. The molecule has 0 N–H and O–H groups in total. The number of rotatable bonds is 2. The van der Waals surface area contributed by atoms with E-state index in [1.807, 2.05) is 12.1 Å². The minimum Gasteiger partial charge on any atom is -0.279 e. The summed E-state index contributed by atoms with van der Waals surface area (Å²) in [5.41, 5.74) is 0.741. The first-order valence-corrected chi connectivity index (χ1v) is 6.72. The summed E-state index contributed by atoms with van der Waals surface area (Å²) in [7, 11) is 0. The SMILES string of the molecule is N#Cc1ccccc1Cn1c(C#N)nc2ccc(F)cc2c1=O. The molecular formula is C17H9FN4O. The molecule has 0 saturated heterocycles. The Morgan fingerprint density at radius 3 is 2.65 bits per heavy atom. The lowest BCUT2D eigenvalue weighted by atomic mass is 10.1. The van der Waals surface area contributed by atoms with Crippen molar-refractivity contribution in [2.45, 2.75) is 6.54 Å². The molecule has 3 aromatic rings. The van der Waals surface area contributed by atoms with Crippen molar-refractivity contribution < 1.29 is 4.39 Å². The summed E-state index contributed by atoms with van der Waals surface area (Å²) in [6.45, 7) is 0.0188. The average Bonchev–Trinajstić information content (AvgIpc) is 2.58. The van der Waals surface area contributed by atoms with Gasteiger partial charge in [-0.25, -0.2) is 9.37 Å². The molecule has 0 saturated carbocycles. The molecule has 23 heavy (non-hydrogen) atoms. The van der Waals surface area contributed by atoms with Crippen LogP contribution in [-0.2, 0) is 6.54 Å². The fraction of sp³-hybridized carbons (Fsp3) is 0.0588. The van der Waals surface area contributed by atoms with E-state index in [1.54, 1.807) is 24.3 Å². The Hall–Kier alpha value is -3.51. The van der Waals surface area contributed by atoms with Crippen molar-refractivity contribution in [3.63, 3.8) is 0 Å². The Bertz CT molecular complexity index is 1060. The Labute approximate surface area is 130 Å². The van der Waals surface area contributed by atoms with Crippen LogP contribution in [0.3, 0.4) is 0 Å². The van der Waals surface area contributed by atoms with Gasteiger partial charge in [-0.1, -0.05) is 18.2 Å². The van der Waals surface area contributed by atoms with Crippen molar-refractivity contribution >= 4 is 10.9 Å². The van der Waals surface area contributed by atoms with Crippen LogP contribution in [0.15, 0.2) is 47.3 Å². The maximum absolute atomic E-state index is 13.4. The number of nitriles is 2. The summed E-state index contributed by atoms with van der Waals surface area (Å²) in [4.78, 5) is 16.7. The first-order chi connectivity index (χ1) is 11.1. The number of halogens is 1. The summed E-state index contributed by atoms with van der Waals surface area (Å²) in [5, 5.41) is 18.5. The van der Waals surface area contributed by atoms with Gasteiger partial charge in [0.25, 0.3) is 5.56 Å². The highest BCUT2D eigenvalue weighted by atomic mass is 19.1. The topological polar surface area (TPSA) is 82.5 Å². The molecule has 6 heteroatoms. The number of aromatic nitrogens is 2. The van der Waals surface area contributed by atoms with Crippen LogP contribution in [0.5, 0.6) is 0 Å². The smallest absolute Gasteiger partial charge is 0.262 e. The number of fused-ring (bicyclic) bond motifs is 1. The summed E-state index contributed by atoms with van der Waals surface area (Å²) >= 11 is 0. The van der Waals surface area contributed by atoms with Gasteiger partial charge in [-0.15, -0.1) is 0 Å². The molecule has 0 aliphatic rings. The lowest BCUT2D eigenvalue weighted by Gasteiger charge is -2.10. The van der Waals surface area contributed by atoms with Crippen LogP contribution in [0.2, 0.25) is 0 Å². The Balaban J connectivity index is 2.25. The molecule has 0 bridgehead atoms. The Morgan fingerprint density at radius 1 is 1.13 bits per heavy atom. The quantitative estimate of drug-likeness (QED) is 0.727. The third-order valence-electron chi connectivity index (χ3n) is 3.48. The van der Waals surface area contributed by atoms with E-state index in [4.69, 9.17) is 5.26 Å². The van der Waals surface area contributed by atoms with Gasteiger partial charge in [-0.3, -0.25) is 9.36 Å². The summed E-state index contributed by atoms with van der Waals surface area (Å²) < 4.78 is 14.5. The number of hydrogen-bond donors (Lipinski definition) is 0. The average molecular weight is 304 g/mol.